The third kappa shape index (κ3) is 4.68. The molecule has 1 N–H and O–H groups in total. The number of alkyl halides is 3. The molecule has 188 valence electrons. The third-order valence-electron chi connectivity index (χ3n) is 7.44. The molecule has 0 spiro atoms. The molecule has 2 fully saturated rings. The first kappa shape index (κ1) is 23.8. The summed E-state index contributed by atoms with van der Waals surface area (Å²) in [7, 11) is 0. The molecule has 3 heterocycles. The number of piperidine rings is 1. The van der Waals surface area contributed by atoms with Gasteiger partial charge in [0.2, 0.25) is 5.95 Å². The van der Waals surface area contributed by atoms with E-state index in [4.69, 9.17) is 4.74 Å². The van der Waals surface area contributed by atoms with E-state index in [1.807, 2.05) is 24.3 Å². The number of aliphatic hydroxyl groups is 1. The molecule has 1 aliphatic carbocycles. The minimum atomic E-state index is -4.58. The Morgan fingerprint density at radius 1 is 1.03 bits per heavy atom. The SMILES string of the molecule is Cc1c(C2CCC(O)CC2)nc(N2CCC(N3C(=O)OCc4ccccc43)CC2)nc1C(F)(F)F. The molecule has 2 aromatic rings. The van der Waals surface area contributed by atoms with Crippen LogP contribution >= 0.6 is 0 Å². The van der Waals surface area contributed by atoms with E-state index in [1.165, 1.54) is 6.92 Å². The van der Waals surface area contributed by atoms with Gasteiger partial charge in [0, 0.05) is 36.2 Å². The fraction of sp³-hybridized carbons (Fsp3) is 0.560. The number of amides is 1. The lowest BCUT2D eigenvalue weighted by Gasteiger charge is -2.40. The maximum atomic E-state index is 13.9. The van der Waals surface area contributed by atoms with Gasteiger partial charge in [0.25, 0.3) is 0 Å². The van der Waals surface area contributed by atoms with Gasteiger partial charge < -0.3 is 14.7 Å². The van der Waals surface area contributed by atoms with Crippen LogP contribution in [-0.4, -0.2) is 46.4 Å². The van der Waals surface area contributed by atoms with Gasteiger partial charge in [-0.15, -0.1) is 0 Å². The maximum absolute atomic E-state index is 13.9. The number of anilines is 2. The van der Waals surface area contributed by atoms with Gasteiger partial charge >= 0.3 is 12.3 Å². The Balaban J connectivity index is 1.39. The second-order valence-corrected chi connectivity index (χ2v) is 9.66. The van der Waals surface area contributed by atoms with Gasteiger partial charge in [-0.25, -0.2) is 14.8 Å². The number of hydrogen-bond donors (Lipinski definition) is 1. The van der Waals surface area contributed by atoms with Gasteiger partial charge in [-0.05, 0) is 51.5 Å². The number of halogens is 3. The molecule has 0 unspecified atom stereocenters. The molecule has 1 saturated carbocycles. The number of cyclic esters (lactones) is 1. The summed E-state index contributed by atoms with van der Waals surface area (Å²) in [6, 6.07) is 7.48. The standard InChI is InChI=1S/C25H29F3N4O3/c1-15-21(16-6-8-19(33)9-7-16)29-23(30-22(15)25(26,27)28)31-12-10-18(11-13-31)32-20-5-3-2-4-17(20)14-35-24(32)34/h2-5,16,18-19,33H,6-14H2,1H3. The number of carbonyl (C=O) groups excluding carboxylic acids is 1. The summed E-state index contributed by atoms with van der Waals surface area (Å²) in [4.78, 5) is 24.6. The van der Waals surface area contributed by atoms with Crippen LogP contribution in [0.4, 0.5) is 29.6 Å². The van der Waals surface area contributed by atoms with Crippen LogP contribution < -0.4 is 9.80 Å². The molecule has 5 rings (SSSR count). The van der Waals surface area contributed by atoms with Crippen LogP contribution in [0.25, 0.3) is 0 Å². The predicted molar refractivity (Wildman–Crippen MR) is 123 cm³/mol. The quantitative estimate of drug-likeness (QED) is 0.656. The molecule has 1 aromatic heterocycles. The highest BCUT2D eigenvalue weighted by molar-refractivity contribution is 5.91. The highest BCUT2D eigenvalue weighted by Crippen LogP contribution is 2.39. The molecular formula is C25H29F3N4O3. The van der Waals surface area contributed by atoms with E-state index >= 15 is 0 Å². The van der Waals surface area contributed by atoms with Crippen molar-refractivity contribution in [2.75, 3.05) is 22.9 Å². The summed E-state index contributed by atoms with van der Waals surface area (Å²) in [6.07, 6.45) is -1.92. The Morgan fingerprint density at radius 3 is 2.40 bits per heavy atom. The van der Waals surface area contributed by atoms with Gasteiger partial charge in [-0.3, -0.25) is 4.90 Å². The monoisotopic (exact) mass is 490 g/mol. The van der Waals surface area contributed by atoms with E-state index in [0.29, 0.717) is 57.3 Å². The van der Waals surface area contributed by atoms with Crippen LogP contribution in [0, 0.1) is 6.92 Å². The van der Waals surface area contributed by atoms with Crippen molar-refractivity contribution in [1.29, 1.82) is 0 Å². The van der Waals surface area contributed by atoms with Crippen LogP contribution in [0.3, 0.4) is 0 Å². The molecule has 1 amide bonds. The van der Waals surface area contributed by atoms with Crippen molar-refractivity contribution in [3.63, 3.8) is 0 Å². The number of benzene rings is 1. The topological polar surface area (TPSA) is 78.8 Å². The lowest BCUT2D eigenvalue weighted by Crippen LogP contribution is -2.50. The average Bonchev–Trinajstić information content (AvgIpc) is 2.84. The summed E-state index contributed by atoms with van der Waals surface area (Å²) in [5, 5.41) is 9.84. The minimum Gasteiger partial charge on any atom is -0.444 e. The normalized spacial score (nSPS) is 23.7. The van der Waals surface area contributed by atoms with Gasteiger partial charge in [-0.2, -0.15) is 13.2 Å². The van der Waals surface area contributed by atoms with Crippen molar-refractivity contribution in [1.82, 2.24) is 9.97 Å². The van der Waals surface area contributed by atoms with Crippen LogP contribution in [-0.2, 0) is 17.5 Å². The zero-order valence-corrected chi connectivity index (χ0v) is 19.6. The van der Waals surface area contributed by atoms with E-state index < -0.39 is 24.1 Å². The van der Waals surface area contributed by atoms with Gasteiger partial charge in [0.1, 0.15) is 6.61 Å². The first-order valence-corrected chi connectivity index (χ1v) is 12.1. The van der Waals surface area contributed by atoms with E-state index in [-0.39, 0.29) is 30.1 Å². The molecule has 0 radical (unpaired) electrons. The number of para-hydroxylation sites is 1. The number of aromatic nitrogens is 2. The fourth-order valence-electron chi connectivity index (χ4n) is 5.53. The van der Waals surface area contributed by atoms with Gasteiger partial charge in [0.05, 0.1) is 17.5 Å². The summed E-state index contributed by atoms with van der Waals surface area (Å²) < 4.78 is 47.0. The largest absolute Gasteiger partial charge is 0.444 e. The zero-order chi connectivity index (χ0) is 24.7. The van der Waals surface area contributed by atoms with Crippen LogP contribution in [0.15, 0.2) is 24.3 Å². The first-order chi connectivity index (χ1) is 16.7. The summed E-state index contributed by atoms with van der Waals surface area (Å²) >= 11 is 0. The third-order valence-corrected chi connectivity index (χ3v) is 7.44. The Morgan fingerprint density at radius 2 is 1.71 bits per heavy atom. The first-order valence-electron chi connectivity index (χ1n) is 12.1. The number of fused-ring (bicyclic) bond motifs is 1. The molecule has 1 aromatic carbocycles. The van der Waals surface area contributed by atoms with E-state index in [1.54, 1.807) is 9.80 Å². The number of hydrogen-bond acceptors (Lipinski definition) is 6. The summed E-state index contributed by atoms with van der Waals surface area (Å²) in [5.41, 5.74) is 1.39. The van der Waals surface area contributed by atoms with Crippen LogP contribution in [0.2, 0.25) is 0 Å². The fourth-order valence-corrected chi connectivity index (χ4v) is 5.53. The van der Waals surface area contributed by atoms with Crippen molar-refractivity contribution < 1.29 is 27.8 Å². The Hall–Kier alpha value is -2.88. The highest BCUT2D eigenvalue weighted by Gasteiger charge is 2.39. The van der Waals surface area contributed by atoms with E-state index in [9.17, 15) is 23.1 Å². The molecule has 1 saturated heterocycles. The molecular weight excluding hydrogens is 461 g/mol. The molecule has 2 aliphatic heterocycles. The highest BCUT2D eigenvalue weighted by atomic mass is 19.4. The Labute approximate surface area is 201 Å². The number of nitrogens with zero attached hydrogens (tertiary/aromatic N) is 4. The van der Waals surface area contributed by atoms with Crippen molar-refractivity contribution in [3.05, 3.63) is 46.8 Å². The molecule has 0 atom stereocenters. The molecule has 35 heavy (non-hydrogen) atoms. The van der Waals surface area contributed by atoms with Gasteiger partial charge in [-0.1, -0.05) is 18.2 Å². The number of carbonyl (C=O) groups is 1. The van der Waals surface area contributed by atoms with Gasteiger partial charge in [0.15, 0.2) is 5.69 Å². The number of rotatable bonds is 3. The average molecular weight is 491 g/mol. The molecule has 7 nitrogen and oxygen atoms in total. The van der Waals surface area contributed by atoms with Crippen LogP contribution in [0.1, 0.15) is 67.0 Å². The summed E-state index contributed by atoms with van der Waals surface area (Å²) in [5.74, 6) is -0.0393. The van der Waals surface area contributed by atoms with E-state index in [0.717, 1.165) is 11.3 Å². The van der Waals surface area contributed by atoms with Crippen LogP contribution in [0.5, 0.6) is 0 Å². The second-order valence-electron chi connectivity index (χ2n) is 9.66. The van der Waals surface area contributed by atoms with Crippen molar-refractivity contribution in [3.8, 4) is 0 Å². The molecule has 0 bridgehead atoms. The molecule has 3 aliphatic rings. The van der Waals surface area contributed by atoms with Crippen molar-refractivity contribution >= 4 is 17.7 Å². The number of aliphatic hydroxyl groups excluding tert-OH is 1. The van der Waals surface area contributed by atoms with Crippen molar-refractivity contribution in [2.24, 2.45) is 0 Å². The number of ether oxygens (including phenoxy) is 1. The maximum Gasteiger partial charge on any atom is 0.433 e. The molecule has 10 heteroatoms. The van der Waals surface area contributed by atoms with Crippen molar-refractivity contribution in [2.45, 2.75) is 76.3 Å². The Bertz CT molecular complexity index is 1090. The smallest absolute Gasteiger partial charge is 0.433 e. The zero-order valence-electron chi connectivity index (χ0n) is 19.6. The van der Waals surface area contributed by atoms with E-state index in [2.05, 4.69) is 9.97 Å². The Kier molecular flexibility index (Phi) is 6.33. The summed E-state index contributed by atoms with van der Waals surface area (Å²) in [6.45, 7) is 2.54. The predicted octanol–water partition coefficient (Wildman–Crippen LogP) is 4.95. The minimum absolute atomic E-state index is 0.0743. The second kappa shape index (κ2) is 9.29. The lowest BCUT2D eigenvalue weighted by atomic mass is 9.83. The lowest BCUT2D eigenvalue weighted by molar-refractivity contribution is -0.141.